The summed E-state index contributed by atoms with van der Waals surface area (Å²) in [4.78, 5) is 18.3. The van der Waals surface area contributed by atoms with Crippen LogP contribution in [0, 0.1) is 6.92 Å². The number of nitrogens with one attached hydrogen (secondary N) is 1. The van der Waals surface area contributed by atoms with E-state index in [0.29, 0.717) is 5.69 Å². The molecule has 0 spiro atoms. The third-order valence-corrected chi connectivity index (χ3v) is 1.22. The van der Waals surface area contributed by atoms with Crippen molar-refractivity contribution in [2.45, 2.75) is 13.8 Å². The predicted octanol–water partition coefficient (Wildman–Crippen LogP) is 0.743. The molecule has 0 saturated carbocycles. The Kier molecular flexibility index (Phi) is 2.15. The van der Waals surface area contributed by atoms with E-state index in [1.54, 1.807) is 6.20 Å². The molecule has 1 amide bonds. The van der Waals surface area contributed by atoms with Crippen molar-refractivity contribution in [2.24, 2.45) is 0 Å². The Bertz CT molecular complexity index is 272. The van der Waals surface area contributed by atoms with Crippen LogP contribution in [0.15, 0.2) is 12.5 Å². The average Bonchev–Trinajstić information content (AvgIpc) is 1.93. The van der Waals surface area contributed by atoms with E-state index in [1.165, 1.54) is 13.3 Å². The fourth-order valence-corrected chi connectivity index (χ4v) is 0.703. The molecule has 0 saturated heterocycles. The second-order valence-corrected chi connectivity index (χ2v) is 2.20. The number of anilines is 1. The van der Waals surface area contributed by atoms with Gasteiger partial charge in [-0.15, -0.1) is 0 Å². The first-order valence-corrected chi connectivity index (χ1v) is 3.24. The van der Waals surface area contributed by atoms with Crippen molar-refractivity contribution in [3.8, 4) is 0 Å². The summed E-state index contributed by atoms with van der Waals surface area (Å²) in [5.74, 6) is -0.108. The predicted molar refractivity (Wildman–Crippen MR) is 41.1 cm³/mol. The molecule has 0 aliphatic heterocycles. The van der Waals surface area contributed by atoms with Gasteiger partial charge in [-0.1, -0.05) is 0 Å². The standard InChI is InChI=1S/C7H9N3O/c1-5-7(10-6(2)11)3-8-4-9-5/h3-4H,1-2H3,(H,10,11). The third kappa shape index (κ3) is 2.00. The molecular weight excluding hydrogens is 142 g/mol. The SMILES string of the molecule is CC(=O)Nc1cncnc1C. The van der Waals surface area contributed by atoms with Gasteiger partial charge in [0.2, 0.25) is 5.91 Å². The van der Waals surface area contributed by atoms with Crippen LogP contribution in [0.1, 0.15) is 12.6 Å². The van der Waals surface area contributed by atoms with Crippen LogP contribution in [0.25, 0.3) is 0 Å². The van der Waals surface area contributed by atoms with Crippen LogP contribution in [-0.2, 0) is 4.79 Å². The van der Waals surface area contributed by atoms with Crippen molar-refractivity contribution in [1.82, 2.24) is 9.97 Å². The maximum Gasteiger partial charge on any atom is 0.221 e. The summed E-state index contributed by atoms with van der Waals surface area (Å²) >= 11 is 0. The number of amides is 1. The molecule has 0 fully saturated rings. The largest absolute Gasteiger partial charge is 0.323 e. The van der Waals surface area contributed by atoms with Gasteiger partial charge in [0.25, 0.3) is 0 Å². The van der Waals surface area contributed by atoms with Gasteiger partial charge in [-0.25, -0.2) is 9.97 Å². The zero-order valence-corrected chi connectivity index (χ0v) is 6.46. The fourth-order valence-electron chi connectivity index (χ4n) is 0.703. The Morgan fingerprint density at radius 2 is 2.36 bits per heavy atom. The van der Waals surface area contributed by atoms with Crippen LogP contribution in [0.4, 0.5) is 5.69 Å². The molecule has 0 unspecified atom stereocenters. The molecule has 1 heterocycles. The van der Waals surface area contributed by atoms with E-state index in [9.17, 15) is 4.79 Å². The minimum atomic E-state index is -0.108. The van der Waals surface area contributed by atoms with Gasteiger partial charge in [-0.2, -0.15) is 0 Å². The number of rotatable bonds is 1. The third-order valence-electron chi connectivity index (χ3n) is 1.22. The Morgan fingerprint density at radius 3 is 2.91 bits per heavy atom. The summed E-state index contributed by atoms with van der Waals surface area (Å²) < 4.78 is 0. The molecule has 1 rings (SSSR count). The minimum Gasteiger partial charge on any atom is -0.323 e. The van der Waals surface area contributed by atoms with Gasteiger partial charge in [0.05, 0.1) is 17.6 Å². The first-order chi connectivity index (χ1) is 5.20. The molecule has 0 bridgehead atoms. The van der Waals surface area contributed by atoms with Crippen molar-refractivity contribution in [3.63, 3.8) is 0 Å². The van der Waals surface area contributed by atoms with E-state index in [2.05, 4.69) is 15.3 Å². The molecule has 0 aliphatic carbocycles. The number of hydrogen-bond acceptors (Lipinski definition) is 3. The fraction of sp³-hybridized carbons (Fsp3) is 0.286. The molecule has 1 N–H and O–H groups in total. The van der Waals surface area contributed by atoms with Gasteiger partial charge in [0.1, 0.15) is 6.33 Å². The van der Waals surface area contributed by atoms with Gasteiger partial charge in [-0.05, 0) is 6.92 Å². The van der Waals surface area contributed by atoms with Crippen LogP contribution in [0.2, 0.25) is 0 Å². The molecule has 0 radical (unpaired) electrons. The molecule has 0 aromatic carbocycles. The lowest BCUT2D eigenvalue weighted by Crippen LogP contribution is -2.07. The second-order valence-electron chi connectivity index (χ2n) is 2.20. The van der Waals surface area contributed by atoms with Gasteiger partial charge in [-0.3, -0.25) is 4.79 Å². The lowest BCUT2D eigenvalue weighted by atomic mass is 10.4. The molecule has 1 aromatic heterocycles. The normalized spacial score (nSPS) is 9.27. The molecule has 58 valence electrons. The highest BCUT2D eigenvalue weighted by molar-refractivity contribution is 5.88. The monoisotopic (exact) mass is 151 g/mol. The van der Waals surface area contributed by atoms with Crippen LogP contribution in [0.5, 0.6) is 0 Å². The zero-order valence-electron chi connectivity index (χ0n) is 6.46. The van der Waals surface area contributed by atoms with E-state index in [-0.39, 0.29) is 5.91 Å². The van der Waals surface area contributed by atoms with E-state index in [0.717, 1.165) is 5.69 Å². The highest BCUT2D eigenvalue weighted by atomic mass is 16.1. The summed E-state index contributed by atoms with van der Waals surface area (Å²) in [6.45, 7) is 3.26. The Labute approximate surface area is 64.7 Å². The van der Waals surface area contributed by atoms with Crippen molar-refractivity contribution in [3.05, 3.63) is 18.2 Å². The molecule has 11 heavy (non-hydrogen) atoms. The quantitative estimate of drug-likeness (QED) is 0.644. The van der Waals surface area contributed by atoms with E-state index >= 15 is 0 Å². The highest BCUT2D eigenvalue weighted by Crippen LogP contribution is 2.07. The van der Waals surface area contributed by atoms with E-state index < -0.39 is 0 Å². The van der Waals surface area contributed by atoms with Gasteiger partial charge >= 0.3 is 0 Å². The number of hydrogen-bond donors (Lipinski definition) is 1. The van der Waals surface area contributed by atoms with Crippen molar-refractivity contribution in [2.75, 3.05) is 5.32 Å². The number of aromatic nitrogens is 2. The van der Waals surface area contributed by atoms with Crippen molar-refractivity contribution in [1.29, 1.82) is 0 Å². The van der Waals surface area contributed by atoms with Crippen LogP contribution in [0.3, 0.4) is 0 Å². The number of aryl methyl sites for hydroxylation is 1. The summed E-state index contributed by atoms with van der Waals surface area (Å²) in [7, 11) is 0. The summed E-state index contributed by atoms with van der Waals surface area (Å²) in [5.41, 5.74) is 1.44. The van der Waals surface area contributed by atoms with Crippen molar-refractivity contribution < 1.29 is 4.79 Å². The van der Waals surface area contributed by atoms with Crippen LogP contribution < -0.4 is 5.32 Å². The van der Waals surface area contributed by atoms with E-state index in [4.69, 9.17) is 0 Å². The maximum atomic E-state index is 10.6. The zero-order chi connectivity index (χ0) is 8.27. The molecule has 0 atom stereocenters. The topological polar surface area (TPSA) is 54.9 Å². The van der Waals surface area contributed by atoms with Crippen LogP contribution >= 0.6 is 0 Å². The molecule has 4 heteroatoms. The Hall–Kier alpha value is -1.45. The number of carbonyl (C=O) groups excluding carboxylic acids is 1. The van der Waals surface area contributed by atoms with Gasteiger partial charge in [0.15, 0.2) is 0 Å². The summed E-state index contributed by atoms with van der Waals surface area (Å²) in [6.07, 6.45) is 3.02. The molecular formula is C7H9N3O. The maximum absolute atomic E-state index is 10.6. The van der Waals surface area contributed by atoms with Crippen molar-refractivity contribution >= 4 is 11.6 Å². The lowest BCUT2D eigenvalue weighted by Gasteiger charge is -2.02. The van der Waals surface area contributed by atoms with Crippen LogP contribution in [-0.4, -0.2) is 15.9 Å². The Balaban J connectivity index is 2.86. The smallest absolute Gasteiger partial charge is 0.221 e. The molecule has 0 aliphatic rings. The number of carbonyl (C=O) groups is 1. The number of nitrogens with zero attached hydrogens (tertiary/aromatic N) is 2. The van der Waals surface area contributed by atoms with Gasteiger partial charge < -0.3 is 5.32 Å². The molecule has 1 aromatic rings. The first-order valence-electron chi connectivity index (χ1n) is 3.24. The van der Waals surface area contributed by atoms with Gasteiger partial charge in [0, 0.05) is 6.92 Å². The first kappa shape index (κ1) is 7.65. The summed E-state index contributed by atoms with van der Waals surface area (Å²) in [5, 5.41) is 2.61. The minimum absolute atomic E-state index is 0.108. The lowest BCUT2D eigenvalue weighted by molar-refractivity contribution is -0.114. The Morgan fingerprint density at radius 1 is 1.64 bits per heavy atom. The second kappa shape index (κ2) is 3.09. The highest BCUT2D eigenvalue weighted by Gasteiger charge is 1.98. The van der Waals surface area contributed by atoms with E-state index in [1.807, 2.05) is 6.92 Å². The average molecular weight is 151 g/mol. The summed E-state index contributed by atoms with van der Waals surface area (Å²) in [6, 6.07) is 0. The molecule has 4 nitrogen and oxygen atoms in total.